The molecule has 0 heterocycles. The first kappa shape index (κ1) is 30.9. The lowest BCUT2D eigenvalue weighted by Crippen LogP contribution is -2.41. The molecule has 0 saturated carbocycles. The van der Waals surface area contributed by atoms with E-state index >= 15 is 0 Å². The van der Waals surface area contributed by atoms with Crippen molar-refractivity contribution in [1.82, 2.24) is 5.32 Å². The highest BCUT2D eigenvalue weighted by molar-refractivity contribution is 6.74. The van der Waals surface area contributed by atoms with E-state index in [1.807, 2.05) is 36.4 Å². The smallest absolute Gasteiger partial charge is 0.255 e. The van der Waals surface area contributed by atoms with Gasteiger partial charge in [0, 0.05) is 19.1 Å². The van der Waals surface area contributed by atoms with Gasteiger partial charge in [0.2, 0.25) is 0 Å². The summed E-state index contributed by atoms with van der Waals surface area (Å²) in [4.78, 5) is 13.7. The van der Waals surface area contributed by atoms with Crippen LogP contribution in [0.15, 0.2) is 48.5 Å². The highest BCUT2D eigenvalue weighted by Gasteiger charge is 2.37. The lowest BCUT2D eigenvalue weighted by atomic mass is 9.95. The Hall–Kier alpha value is -2.60. The maximum atomic E-state index is 13.7. The number of hydrogen-bond acceptors (Lipinski definition) is 5. The third-order valence-electron chi connectivity index (χ3n) is 7.35. The first-order chi connectivity index (χ1) is 18.4. The number of rotatable bonds is 11. The maximum absolute atomic E-state index is 13.7. The highest BCUT2D eigenvalue weighted by Crippen LogP contribution is 2.37. The molecule has 0 fully saturated rings. The van der Waals surface area contributed by atoms with E-state index in [0.29, 0.717) is 35.0 Å². The van der Waals surface area contributed by atoms with E-state index < -0.39 is 8.32 Å². The molecule has 3 aromatic carbocycles. The van der Waals surface area contributed by atoms with E-state index in [2.05, 4.69) is 45.3 Å². The van der Waals surface area contributed by atoms with Crippen LogP contribution in [0.3, 0.4) is 0 Å². The zero-order valence-corrected chi connectivity index (χ0v) is 25.6. The van der Waals surface area contributed by atoms with Crippen molar-refractivity contribution in [1.29, 1.82) is 5.26 Å². The molecule has 9 heteroatoms. The Kier molecular flexibility index (Phi) is 10.4. The van der Waals surface area contributed by atoms with Gasteiger partial charge in [0.15, 0.2) is 14.1 Å². The molecule has 0 aromatic heterocycles. The summed E-state index contributed by atoms with van der Waals surface area (Å²) in [5.74, 6) is -0.303. The van der Waals surface area contributed by atoms with Crippen LogP contribution in [0.1, 0.15) is 54.6 Å². The first-order valence-electron chi connectivity index (χ1n) is 13.0. The molecule has 208 valence electrons. The van der Waals surface area contributed by atoms with E-state index in [1.165, 1.54) is 0 Å². The van der Waals surface area contributed by atoms with Crippen LogP contribution in [0.2, 0.25) is 28.2 Å². The molecule has 0 aliphatic carbocycles. The molecular weight excluding hydrogens is 551 g/mol. The van der Waals surface area contributed by atoms with Crippen LogP contribution in [0.25, 0.3) is 10.8 Å². The largest absolute Gasteiger partial charge is 0.489 e. The van der Waals surface area contributed by atoms with E-state index in [4.69, 9.17) is 32.4 Å². The van der Waals surface area contributed by atoms with Crippen LogP contribution in [-0.2, 0) is 4.43 Å². The number of aliphatic hydroxyl groups is 1. The predicted octanol–water partition coefficient (Wildman–Crippen LogP) is 7.31. The van der Waals surface area contributed by atoms with Gasteiger partial charge in [-0.25, -0.2) is 0 Å². The number of carbonyl (C=O) groups is 1. The van der Waals surface area contributed by atoms with Crippen LogP contribution in [0.4, 0.5) is 0 Å². The number of fused-ring (bicyclic) bond motifs is 1. The Labute approximate surface area is 242 Å². The zero-order valence-electron chi connectivity index (χ0n) is 23.1. The molecule has 3 rings (SSSR count). The molecular formula is C30H36Cl2N2O4Si. The normalized spacial score (nSPS) is 12.7. The molecule has 0 aliphatic rings. The summed E-state index contributed by atoms with van der Waals surface area (Å²) in [6.07, 6.45) is 0.664. The molecule has 6 nitrogen and oxygen atoms in total. The van der Waals surface area contributed by atoms with Gasteiger partial charge in [0.1, 0.15) is 12.7 Å². The SMILES string of the molecule is CC(C)(C)[Si](C)(C)OCC[C@H](CNC(=O)c1c(OCCO)c(C#N)cc2ccccc12)c1ccc(Cl)c(Cl)c1. The number of nitriles is 1. The monoisotopic (exact) mass is 586 g/mol. The zero-order chi connectivity index (χ0) is 28.8. The van der Waals surface area contributed by atoms with Crippen LogP contribution < -0.4 is 10.1 Å². The molecule has 0 aliphatic heterocycles. The van der Waals surface area contributed by atoms with E-state index in [-0.39, 0.29) is 47.0 Å². The van der Waals surface area contributed by atoms with Gasteiger partial charge in [-0.3, -0.25) is 4.79 Å². The number of nitrogens with one attached hydrogen (secondary N) is 1. The first-order valence-corrected chi connectivity index (χ1v) is 16.6. The predicted molar refractivity (Wildman–Crippen MR) is 161 cm³/mol. The average molecular weight is 588 g/mol. The van der Waals surface area contributed by atoms with Gasteiger partial charge in [-0.2, -0.15) is 5.26 Å². The van der Waals surface area contributed by atoms with Crippen LogP contribution >= 0.6 is 23.2 Å². The van der Waals surface area contributed by atoms with Crippen molar-refractivity contribution >= 4 is 48.2 Å². The Morgan fingerprint density at radius 2 is 1.82 bits per heavy atom. The summed E-state index contributed by atoms with van der Waals surface area (Å²) in [5, 5.41) is 24.6. The van der Waals surface area contributed by atoms with Crippen LogP contribution in [0.5, 0.6) is 5.75 Å². The summed E-state index contributed by atoms with van der Waals surface area (Å²) < 4.78 is 12.1. The van der Waals surface area contributed by atoms with Gasteiger partial charge < -0.3 is 19.6 Å². The number of benzene rings is 3. The Morgan fingerprint density at radius 3 is 2.46 bits per heavy atom. The minimum absolute atomic E-state index is 0.0377. The highest BCUT2D eigenvalue weighted by atomic mass is 35.5. The maximum Gasteiger partial charge on any atom is 0.255 e. The molecule has 2 N–H and O–H groups in total. The fourth-order valence-corrected chi connectivity index (χ4v) is 5.43. The van der Waals surface area contributed by atoms with Crippen molar-refractivity contribution in [2.45, 2.75) is 51.2 Å². The Balaban J connectivity index is 1.91. The lowest BCUT2D eigenvalue weighted by Gasteiger charge is -2.36. The van der Waals surface area contributed by atoms with E-state index in [0.717, 1.165) is 10.9 Å². The van der Waals surface area contributed by atoms with Crippen molar-refractivity contribution in [3.8, 4) is 11.8 Å². The molecule has 0 radical (unpaired) electrons. The van der Waals surface area contributed by atoms with E-state index in [9.17, 15) is 15.2 Å². The van der Waals surface area contributed by atoms with Crippen molar-refractivity contribution in [2.24, 2.45) is 0 Å². The molecule has 0 spiro atoms. The second-order valence-corrected chi connectivity index (χ2v) is 16.6. The van der Waals surface area contributed by atoms with Gasteiger partial charge in [-0.15, -0.1) is 0 Å². The van der Waals surface area contributed by atoms with Crippen molar-refractivity contribution in [2.75, 3.05) is 26.4 Å². The van der Waals surface area contributed by atoms with Crippen molar-refractivity contribution < 1.29 is 19.1 Å². The summed E-state index contributed by atoms with van der Waals surface area (Å²) in [5.41, 5.74) is 1.44. The van der Waals surface area contributed by atoms with Gasteiger partial charge in [0.25, 0.3) is 5.91 Å². The summed E-state index contributed by atoms with van der Waals surface area (Å²) >= 11 is 12.5. The molecule has 1 amide bonds. The summed E-state index contributed by atoms with van der Waals surface area (Å²) in [6.45, 7) is 11.6. The second-order valence-electron chi connectivity index (χ2n) is 11.0. The molecule has 3 aromatic rings. The van der Waals surface area contributed by atoms with Crippen molar-refractivity contribution in [3.05, 3.63) is 75.3 Å². The number of halogens is 2. The van der Waals surface area contributed by atoms with Gasteiger partial charge in [-0.05, 0) is 59.1 Å². The minimum Gasteiger partial charge on any atom is -0.489 e. The topological polar surface area (TPSA) is 91.6 Å². The van der Waals surface area contributed by atoms with E-state index in [1.54, 1.807) is 12.1 Å². The lowest BCUT2D eigenvalue weighted by molar-refractivity contribution is 0.0945. The molecule has 0 saturated heterocycles. The quantitative estimate of drug-likeness (QED) is 0.230. The number of amides is 1. The molecule has 0 unspecified atom stereocenters. The van der Waals surface area contributed by atoms with Gasteiger partial charge in [0.05, 0.1) is 27.8 Å². The molecule has 39 heavy (non-hydrogen) atoms. The fourth-order valence-electron chi connectivity index (χ4n) is 4.06. The van der Waals surface area contributed by atoms with Gasteiger partial charge >= 0.3 is 0 Å². The van der Waals surface area contributed by atoms with Gasteiger partial charge in [-0.1, -0.05) is 74.3 Å². The number of carbonyl (C=O) groups excluding carboxylic acids is 1. The summed E-state index contributed by atoms with van der Waals surface area (Å²) in [7, 11) is -1.95. The fraction of sp³-hybridized carbons (Fsp3) is 0.400. The number of hydrogen-bond donors (Lipinski definition) is 2. The van der Waals surface area contributed by atoms with Crippen molar-refractivity contribution in [3.63, 3.8) is 0 Å². The third kappa shape index (κ3) is 7.53. The molecule has 1 atom stereocenters. The van der Waals surface area contributed by atoms with Crippen LogP contribution in [0, 0.1) is 11.3 Å². The van der Waals surface area contributed by atoms with Crippen LogP contribution in [-0.4, -0.2) is 45.7 Å². The summed E-state index contributed by atoms with van der Waals surface area (Å²) in [6, 6.07) is 16.7. The number of nitrogens with zero attached hydrogens (tertiary/aromatic N) is 1. The average Bonchev–Trinajstić information content (AvgIpc) is 2.89. The number of ether oxygens (including phenoxy) is 1. The molecule has 0 bridgehead atoms. The Morgan fingerprint density at radius 1 is 1.10 bits per heavy atom. The third-order valence-corrected chi connectivity index (χ3v) is 12.6. The number of aliphatic hydroxyl groups excluding tert-OH is 1. The standard InChI is InChI=1S/C30H36Cl2N2O4Si/c1-30(2,3)39(4,5)38-14-12-22(20-10-11-25(31)26(32)17-20)19-34-29(36)27-24-9-7-6-8-21(24)16-23(18-33)28(27)37-15-13-35/h6-11,16-17,22,35H,12-15,19H2,1-5H3,(H,34,36)/t22-/m1/s1. The Bertz CT molecular complexity index is 1370. The minimum atomic E-state index is -1.95. The second kappa shape index (κ2) is 13.2.